The largest absolute Gasteiger partial charge is 0.492 e. The first-order valence-corrected chi connectivity index (χ1v) is 10.2. The van der Waals surface area contributed by atoms with Crippen molar-refractivity contribution >= 4 is 23.3 Å². The van der Waals surface area contributed by atoms with Crippen LogP contribution in [0.4, 0.5) is 19.0 Å². The summed E-state index contributed by atoms with van der Waals surface area (Å²) in [7, 11) is 0. The summed E-state index contributed by atoms with van der Waals surface area (Å²) in [6.45, 7) is 1.56. The van der Waals surface area contributed by atoms with E-state index in [0.29, 0.717) is 49.8 Å². The van der Waals surface area contributed by atoms with Crippen molar-refractivity contribution in [2.24, 2.45) is 5.92 Å². The number of hydrogen-bond donors (Lipinski definition) is 1. The van der Waals surface area contributed by atoms with E-state index in [1.807, 2.05) is 17.0 Å². The van der Waals surface area contributed by atoms with Crippen LogP contribution in [-0.2, 0) is 17.4 Å². The van der Waals surface area contributed by atoms with Crippen molar-refractivity contribution in [3.05, 3.63) is 52.7 Å². The van der Waals surface area contributed by atoms with Gasteiger partial charge < -0.3 is 15.0 Å². The molecule has 1 amide bonds. The molecular formula is C21H21ClF3N3O2. The van der Waals surface area contributed by atoms with E-state index < -0.39 is 11.7 Å². The number of ether oxygens (including phenoxy) is 1. The number of nitrogens with one attached hydrogen (secondary N) is 1. The van der Waals surface area contributed by atoms with Crippen LogP contribution in [0, 0.1) is 5.92 Å². The fourth-order valence-electron chi connectivity index (χ4n) is 3.84. The highest BCUT2D eigenvalue weighted by molar-refractivity contribution is 6.30. The van der Waals surface area contributed by atoms with Crippen molar-refractivity contribution in [2.45, 2.75) is 31.5 Å². The van der Waals surface area contributed by atoms with Gasteiger partial charge in [0.1, 0.15) is 18.2 Å². The zero-order valence-electron chi connectivity index (χ0n) is 16.1. The van der Waals surface area contributed by atoms with Crippen molar-refractivity contribution in [1.29, 1.82) is 0 Å². The third kappa shape index (κ3) is 4.64. The minimum absolute atomic E-state index is 0.0176. The van der Waals surface area contributed by atoms with Gasteiger partial charge in [-0.15, -0.1) is 0 Å². The fraction of sp³-hybridized carbons (Fsp3) is 0.429. The van der Waals surface area contributed by atoms with E-state index in [4.69, 9.17) is 16.3 Å². The number of aromatic nitrogens is 1. The van der Waals surface area contributed by atoms with Crippen molar-refractivity contribution in [3.63, 3.8) is 0 Å². The molecule has 2 aromatic rings. The molecule has 1 unspecified atom stereocenters. The Labute approximate surface area is 177 Å². The summed E-state index contributed by atoms with van der Waals surface area (Å²) in [4.78, 5) is 18.6. The van der Waals surface area contributed by atoms with E-state index in [0.717, 1.165) is 23.6 Å². The van der Waals surface area contributed by atoms with E-state index in [-0.39, 0.29) is 17.9 Å². The molecule has 1 saturated heterocycles. The SMILES string of the molecule is O=C(NC1CCN(c2ccc(C(F)(F)F)cn2)CC1)C1COc2ccc(Cl)cc2C1. The Morgan fingerprint density at radius 2 is 1.97 bits per heavy atom. The van der Waals surface area contributed by atoms with Gasteiger partial charge in [-0.1, -0.05) is 11.6 Å². The van der Waals surface area contributed by atoms with Gasteiger partial charge in [0.2, 0.25) is 5.91 Å². The quantitative estimate of drug-likeness (QED) is 0.782. The smallest absolute Gasteiger partial charge is 0.417 e. The molecule has 0 spiro atoms. The van der Waals surface area contributed by atoms with Crippen LogP contribution in [0.3, 0.4) is 0 Å². The van der Waals surface area contributed by atoms with Gasteiger partial charge in [-0.2, -0.15) is 13.2 Å². The number of amides is 1. The zero-order valence-corrected chi connectivity index (χ0v) is 16.8. The lowest BCUT2D eigenvalue weighted by atomic mass is 9.95. The third-order valence-electron chi connectivity index (χ3n) is 5.54. The highest BCUT2D eigenvalue weighted by atomic mass is 35.5. The van der Waals surface area contributed by atoms with Gasteiger partial charge in [0, 0.05) is 30.4 Å². The number of rotatable bonds is 3. The molecule has 160 valence electrons. The number of hydrogen-bond acceptors (Lipinski definition) is 4. The van der Waals surface area contributed by atoms with Gasteiger partial charge in [0.05, 0.1) is 11.5 Å². The summed E-state index contributed by atoms with van der Waals surface area (Å²) in [5.74, 6) is 0.958. The standard InChI is InChI=1S/C21H21ClF3N3O2/c22-16-2-3-18-13(10-16)9-14(12-30-18)20(29)27-17-5-7-28(8-6-17)19-4-1-15(11-26-19)21(23,24)25/h1-4,10-11,14,17H,5-9,12H2,(H,27,29). The molecule has 1 aromatic carbocycles. The van der Waals surface area contributed by atoms with E-state index in [2.05, 4.69) is 10.3 Å². The van der Waals surface area contributed by atoms with Crippen molar-refractivity contribution < 1.29 is 22.7 Å². The first-order chi connectivity index (χ1) is 14.3. The van der Waals surface area contributed by atoms with Gasteiger partial charge in [0.25, 0.3) is 0 Å². The molecule has 1 atom stereocenters. The van der Waals surface area contributed by atoms with Gasteiger partial charge in [-0.3, -0.25) is 4.79 Å². The van der Waals surface area contributed by atoms with Crippen molar-refractivity contribution in [3.8, 4) is 5.75 Å². The van der Waals surface area contributed by atoms with Crippen LogP contribution in [0.2, 0.25) is 5.02 Å². The predicted octanol–water partition coefficient (Wildman–Crippen LogP) is 4.09. The van der Waals surface area contributed by atoms with Crippen molar-refractivity contribution in [1.82, 2.24) is 10.3 Å². The maximum Gasteiger partial charge on any atom is 0.417 e. The van der Waals surface area contributed by atoms with Crippen LogP contribution in [0.5, 0.6) is 5.75 Å². The van der Waals surface area contributed by atoms with Crippen LogP contribution in [0.15, 0.2) is 36.5 Å². The molecule has 3 heterocycles. The average molecular weight is 440 g/mol. The molecule has 2 aliphatic heterocycles. The monoisotopic (exact) mass is 439 g/mol. The first-order valence-electron chi connectivity index (χ1n) is 9.79. The maximum atomic E-state index is 12.7. The second kappa shape index (κ2) is 8.34. The number of piperidine rings is 1. The Kier molecular flexibility index (Phi) is 5.77. The lowest BCUT2D eigenvalue weighted by molar-refractivity contribution is -0.137. The summed E-state index contributed by atoms with van der Waals surface area (Å²) < 4.78 is 43.7. The average Bonchev–Trinajstić information content (AvgIpc) is 2.73. The van der Waals surface area contributed by atoms with E-state index >= 15 is 0 Å². The number of halogens is 4. The fourth-order valence-corrected chi connectivity index (χ4v) is 4.04. The highest BCUT2D eigenvalue weighted by Crippen LogP contribution is 2.31. The van der Waals surface area contributed by atoms with E-state index in [1.165, 1.54) is 6.07 Å². The van der Waals surface area contributed by atoms with Gasteiger partial charge in [-0.25, -0.2) is 4.98 Å². The molecule has 0 radical (unpaired) electrons. The number of benzene rings is 1. The highest BCUT2D eigenvalue weighted by Gasteiger charge is 2.32. The number of carbonyl (C=O) groups excluding carboxylic acids is 1. The summed E-state index contributed by atoms with van der Waals surface area (Å²) in [5, 5.41) is 3.70. The molecule has 5 nitrogen and oxygen atoms in total. The Hall–Kier alpha value is -2.48. The lowest BCUT2D eigenvalue weighted by Crippen LogP contribution is -2.48. The maximum absolute atomic E-state index is 12.7. The van der Waals surface area contributed by atoms with Crippen LogP contribution in [-0.4, -0.2) is 36.6 Å². The second-order valence-corrected chi connectivity index (χ2v) is 8.07. The number of anilines is 1. The molecule has 0 saturated carbocycles. The molecule has 1 aromatic heterocycles. The minimum Gasteiger partial charge on any atom is -0.492 e. The summed E-state index contributed by atoms with van der Waals surface area (Å²) in [6.07, 6.45) is -1.56. The molecule has 1 fully saturated rings. The molecule has 1 N–H and O–H groups in total. The Morgan fingerprint density at radius 3 is 2.63 bits per heavy atom. The topological polar surface area (TPSA) is 54.5 Å². The number of fused-ring (bicyclic) bond motifs is 1. The van der Waals surface area contributed by atoms with Crippen LogP contribution >= 0.6 is 11.6 Å². The molecule has 9 heteroatoms. The van der Waals surface area contributed by atoms with Crippen LogP contribution in [0.1, 0.15) is 24.0 Å². The van der Waals surface area contributed by atoms with Gasteiger partial charge >= 0.3 is 6.18 Å². The minimum atomic E-state index is -4.39. The van der Waals surface area contributed by atoms with Crippen molar-refractivity contribution in [2.75, 3.05) is 24.6 Å². The number of pyridine rings is 1. The molecular weight excluding hydrogens is 419 g/mol. The lowest BCUT2D eigenvalue weighted by Gasteiger charge is -2.34. The summed E-state index contributed by atoms with van der Waals surface area (Å²) >= 11 is 6.03. The second-order valence-electron chi connectivity index (χ2n) is 7.64. The third-order valence-corrected chi connectivity index (χ3v) is 5.78. The Bertz CT molecular complexity index is 913. The summed E-state index contributed by atoms with van der Waals surface area (Å²) in [5.41, 5.74) is 0.169. The summed E-state index contributed by atoms with van der Waals surface area (Å²) in [6, 6.07) is 7.86. The molecule has 0 bridgehead atoms. The normalized spacial score (nSPS) is 19.7. The molecule has 2 aliphatic rings. The Morgan fingerprint density at radius 1 is 1.20 bits per heavy atom. The first kappa shape index (κ1) is 20.8. The zero-order chi connectivity index (χ0) is 21.3. The van der Waals surface area contributed by atoms with Crippen LogP contribution < -0.4 is 15.0 Å². The predicted molar refractivity (Wildman–Crippen MR) is 107 cm³/mol. The van der Waals surface area contributed by atoms with Crippen LogP contribution in [0.25, 0.3) is 0 Å². The molecule has 0 aliphatic carbocycles. The number of carbonyl (C=O) groups is 1. The number of alkyl halides is 3. The Balaban J connectivity index is 1.29. The molecule has 4 rings (SSSR count). The van der Waals surface area contributed by atoms with Gasteiger partial charge in [-0.05, 0) is 55.2 Å². The number of nitrogens with zero attached hydrogens (tertiary/aromatic N) is 2. The van der Waals surface area contributed by atoms with E-state index in [9.17, 15) is 18.0 Å². The van der Waals surface area contributed by atoms with E-state index in [1.54, 1.807) is 6.07 Å². The van der Waals surface area contributed by atoms with Gasteiger partial charge in [0.15, 0.2) is 0 Å². The molecule has 30 heavy (non-hydrogen) atoms.